The Labute approximate surface area is 247 Å². The zero-order chi connectivity index (χ0) is 27.9. The first kappa shape index (κ1) is 24.8. The third kappa shape index (κ3) is 4.23. The standard InChI is InChI=1S/C42H32/c1-4-13-29(14-5-1)32-23-25-36-33(27-32)19-12-22-35(36)34-24-26-39-40(28-34)42(31-17-8-3-9-18-31)38-21-11-10-20-37(38)41(39)30-15-6-2-7-16-30/h2-3,6-13,15-28H,1,4-5,14H2. The SMILES string of the molecule is C1=C(c2ccc3c(-c4ccc5c(-c6ccccc6)c6ccccc6c(-c6ccccc6)c5c4)cccc3c2)CCCC1. The summed E-state index contributed by atoms with van der Waals surface area (Å²) >= 11 is 0. The highest BCUT2D eigenvalue weighted by atomic mass is 14.2. The first-order valence-electron chi connectivity index (χ1n) is 15.2. The predicted molar refractivity (Wildman–Crippen MR) is 182 cm³/mol. The molecule has 0 fully saturated rings. The Balaban J connectivity index is 1.41. The number of benzene rings is 7. The van der Waals surface area contributed by atoms with Crippen LogP contribution in [0.25, 0.3) is 71.3 Å². The van der Waals surface area contributed by atoms with Gasteiger partial charge in [-0.2, -0.15) is 0 Å². The second-order valence-electron chi connectivity index (χ2n) is 11.5. The van der Waals surface area contributed by atoms with E-state index in [1.807, 2.05) is 0 Å². The van der Waals surface area contributed by atoms with Gasteiger partial charge in [0.1, 0.15) is 0 Å². The van der Waals surface area contributed by atoms with Crippen molar-refractivity contribution in [3.8, 4) is 33.4 Å². The monoisotopic (exact) mass is 536 g/mol. The van der Waals surface area contributed by atoms with E-state index in [9.17, 15) is 0 Å². The van der Waals surface area contributed by atoms with Crippen LogP contribution in [0.15, 0.2) is 146 Å². The van der Waals surface area contributed by atoms with Crippen molar-refractivity contribution in [3.05, 3.63) is 151 Å². The van der Waals surface area contributed by atoms with Gasteiger partial charge in [0.15, 0.2) is 0 Å². The molecule has 0 aliphatic heterocycles. The van der Waals surface area contributed by atoms with Crippen LogP contribution >= 0.6 is 0 Å². The molecule has 0 saturated heterocycles. The topological polar surface area (TPSA) is 0 Å². The number of fused-ring (bicyclic) bond motifs is 3. The number of hydrogen-bond donors (Lipinski definition) is 0. The summed E-state index contributed by atoms with van der Waals surface area (Å²) in [5, 5.41) is 7.77. The Kier molecular flexibility index (Phi) is 6.19. The number of rotatable bonds is 4. The fourth-order valence-corrected chi connectivity index (χ4v) is 7.01. The average molecular weight is 537 g/mol. The van der Waals surface area contributed by atoms with Gasteiger partial charge in [-0.15, -0.1) is 0 Å². The Bertz CT molecular complexity index is 2110. The van der Waals surface area contributed by atoms with E-state index in [-0.39, 0.29) is 0 Å². The summed E-state index contributed by atoms with van der Waals surface area (Å²) in [6, 6.07) is 51.6. The van der Waals surface area contributed by atoms with Gasteiger partial charge in [-0.1, -0.05) is 133 Å². The molecule has 0 nitrogen and oxygen atoms in total. The fourth-order valence-electron chi connectivity index (χ4n) is 7.01. The van der Waals surface area contributed by atoms with Gasteiger partial charge in [0.2, 0.25) is 0 Å². The lowest BCUT2D eigenvalue weighted by atomic mass is 9.84. The highest BCUT2D eigenvalue weighted by Gasteiger charge is 2.18. The number of allylic oxidation sites excluding steroid dienone is 2. The zero-order valence-electron chi connectivity index (χ0n) is 23.7. The lowest BCUT2D eigenvalue weighted by molar-refractivity contribution is 0.742. The second kappa shape index (κ2) is 10.5. The van der Waals surface area contributed by atoms with Crippen molar-refractivity contribution >= 4 is 37.9 Å². The van der Waals surface area contributed by atoms with Crippen molar-refractivity contribution in [3.63, 3.8) is 0 Å². The smallest absolute Gasteiger partial charge is 0.00262 e. The van der Waals surface area contributed by atoms with Crippen molar-refractivity contribution in [1.29, 1.82) is 0 Å². The molecule has 42 heavy (non-hydrogen) atoms. The van der Waals surface area contributed by atoms with Gasteiger partial charge in [0.05, 0.1) is 0 Å². The van der Waals surface area contributed by atoms with Crippen LogP contribution in [-0.2, 0) is 0 Å². The molecular formula is C42H32. The molecule has 0 heteroatoms. The molecule has 1 aliphatic rings. The van der Waals surface area contributed by atoms with E-state index in [2.05, 4.69) is 146 Å². The van der Waals surface area contributed by atoms with Crippen LogP contribution in [0, 0.1) is 0 Å². The summed E-state index contributed by atoms with van der Waals surface area (Å²) < 4.78 is 0. The third-order valence-electron chi connectivity index (χ3n) is 9.00. The molecule has 8 rings (SSSR count). The van der Waals surface area contributed by atoms with Crippen molar-refractivity contribution in [2.75, 3.05) is 0 Å². The van der Waals surface area contributed by atoms with E-state index in [4.69, 9.17) is 0 Å². The van der Waals surface area contributed by atoms with Gasteiger partial charge < -0.3 is 0 Å². The summed E-state index contributed by atoms with van der Waals surface area (Å²) in [4.78, 5) is 0. The van der Waals surface area contributed by atoms with E-state index >= 15 is 0 Å². The van der Waals surface area contributed by atoms with Crippen LogP contribution in [-0.4, -0.2) is 0 Å². The summed E-state index contributed by atoms with van der Waals surface area (Å²) in [5.41, 5.74) is 10.5. The van der Waals surface area contributed by atoms with E-state index in [0.717, 1.165) is 0 Å². The van der Waals surface area contributed by atoms with Gasteiger partial charge in [-0.25, -0.2) is 0 Å². The van der Waals surface area contributed by atoms with E-state index in [1.54, 1.807) is 0 Å². The molecule has 0 bridgehead atoms. The minimum absolute atomic E-state index is 1.19. The molecule has 7 aromatic rings. The van der Waals surface area contributed by atoms with Crippen LogP contribution in [0.2, 0.25) is 0 Å². The molecule has 0 unspecified atom stereocenters. The Morgan fingerprint density at radius 3 is 1.69 bits per heavy atom. The molecule has 0 N–H and O–H groups in total. The minimum Gasteiger partial charge on any atom is -0.0807 e. The fraction of sp³-hybridized carbons (Fsp3) is 0.0952. The van der Waals surface area contributed by atoms with Crippen LogP contribution in [0.3, 0.4) is 0 Å². The van der Waals surface area contributed by atoms with Gasteiger partial charge >= 0.3 is 0 Å². The summed E-state index contributed by atoms with van der Waals surface area (Å²) in [5.74, 6) is 0. The van der Waals surface area contributed by atoms with E-state index < -0.39 is 0 Å². The van der Waals surface area contributed by atoms with Crippen LogP contribution in [0.4, 0.5) is 0 Å². The molecule has 0 amide bonds. The Morgan fingerprint density at radius 2 is 1.00 bits per heavy atom. The highest BCUT2D eigenvalue weighted by molar-refractivity contribution is 6.22. The molecule has 0 saturated carbocycles. The molecule has 0 spiro atoms. The zero-order valence-corrected chi connectivity index (χ0v) is 23.7. The van der Waals surface area contributed by atoms with Crippen LogP contribution in [0.5, 0.6) is 0 Å². The molecule has 0 aromatic heterocycles. The normalized spacial score (nSPS) is 13.5. The predicted octanol–water partition coefficient (Wildman–Crippen LogP) is 12.1. The van der Waals surface area contributed by atoms with Gasteiger partial charge in [-0.05, 0) is 115 Å². The van der Waals surface area contributed by atoms with E-state index in [0.29, 0.717) is 0 Å². The van der Waals surface area contributed by atoms with Crippen molar-refractivity contribution < 1.29 is 0 Å². The van der Waals surface area contributed by atoms with Gasteiger partial charge in [-0.3, -0.25) is 0 Å². The van der Waals surface area contributed by atoms with Crippen LogP contribution < -0.4 is 0 Å². The summed E-state index contributed by atoms with van der Waals surface area (Å²) in [6.45, 7) is 0. The number of hydrogen-bond acceptors (Lipinski definition) is 0. The first-order valence-corrected chi connectivity index (χ1v) is 15.2. The highest BCUT2D eigenvalue weighted by Crippen LogP contribution is 2.45. The molecule has 0 heterocycles. The van der Waals surface area contributed by atoms with E-state index in [1.165, 1.54) is 103 Å². The summed E-state index contributed by atoms with van der Waals surface area (Å²) in [7, 11) is 0. The quantitative estimate of drug-likeness (QED) is 0.196. The first-order chi connectivity index (χ1) is 20.8. The summed E-state index contributed by atoms with van der Waals surface area (Å²) in [6.07, 6.45) is 7.45. The van der Waals surface area contributed by atoms with Gasteiger partial charge in [0, 0.05) is 0 Å². The van der Waals surface area contributed by atoms with Gasteiger partial charge in [0.25, 0.3) is 0 Å². The van der Waals surface area contributed by atoms with Crippen molar-refractivity contribution in [1.82, 2.24) is 0 Å². The molecule has 1 aliphatic carbocycles. The lowest BCUT2D eigenvalue weighted by Crippen LogP contribution is -1.93. The molecule has 7 aromatic carbocycles. The molecular weight excluding hydrogens is 504 g/mol. The van der Waals surface area contributed by atoms with Crippen LogP contribution in [0.1, 0.15) is 31.2 Å². The second-order valence-corrected chi connectivity index (χ2v) is 11.5. The Hall–Kier alpha value is -4.94. The third-order valence-corrected chi connectivity index (χ3v) is 9.00. The maximum absolute atomic E-state index is 2.44. The molecule has 200 valence electrons. The maximum Gasteiger partial charge on any atom is -0.00262 e. The minimum atomic E-state index is 1.19. The molecule has 0 atom stereocenters. The average Bonchev–Trinajstić information content (AvgIpc) is 3.07. The Morgan fingerprint density at radius 1 is 0.381 bits per heavy atom. The lowest BCUT2D eigenvalue weighted by Gasteiger charge is -2.19. The molecule has 0 radical (unpaired) electrons. The van der Waals surface area contributed by atoms with Crippen molar-refractivity contribution in [2.24, 2.45) is 0 Å². The van der Waals surface area contributed by atoms with Crippen molar-refractivity contribution in [2.45, 2.75) is 25.7 Å². The largest absolute Gasteiger partial charge is 0.0807 e. The maximum atomic E-state index is 2.44.